The average Bonchev–Trinajstić information content (AvgIpc) is 2.80. The zero-order chi connectivity index (χ0) is 13.2. The maximum absolute atomic E-state index is 12.0. The summed E-state index contributed by atoms with van der Waals surface area (Å²) in [6.45, 7) is 7.59. The second kappa shape index (κ2) is 4.97. The minimum atomic E-state index is -0.456. The van der Waals surface area contributed by atoms with E-state index in [9.17, 15) is 4.79 Å². The van der Waals surface area contributed by atoms with Crippen LogP contribution in [0.2, 0.25) is 0 Å². The van der Waals surface area contributed by atoms with Gasteiger partial charge in [-0.05, 0) is 20.8 Å². The third kappa shape index (κ3) is 3.22. The second-order valence-corrected chi connectivity index (χ2v) is 5.41. The van der Waals surface area contributed by atoms with Crippen LogP contribution in [-0.2, 0) is 4.74 Å². The Morgan fingerprint density at radius 2 is 2.33 bits per heavy atom. The van der Waals surface area contributed by atoms with Gasteiger partial charge >= 0.3 is 6.09 Å². The van der Waals surface area contributed by atoms with E-state index in [1.54, 1.807) is 17.3 Å². The molecule has 18 heavy (non-hydrogen) atoms. The van der Waals surface area contributed by atoms with Crippen LogP contribution in [0.15, 0.2) is 12.4 Å². The van der Waals surface area contributed by atoms with Crippen molar-refractivity contribution in [1.82, 2.24) is 20.2 Å². The molecule has 1 aromatic heterocycles. The van der Waals surface area contributed by atoms with Crippen LogP contribution in [0.25, 0.3) is 0 Å². The van der Waals surface area contributed by atoms with Crippen molar-refractivity contribution in [3.63, 3.8) is 0 Å². The fourth-order valence-corrected chi connectivity index (χ4v) is 1.89. The van der Waals surface area contributed by atoms with E-state index in [4.69, 9.17) is 4.74 Å². The number of aromatic nitrogens is 2. The predicted molar refractivity (Wildman–Crippen MR) is 67.1 cm³/mol. The second-order valence-electron chi connectivity index (χ2n) is 5.41. The van der Waals surface area contributed by atoms with Gasteiger partial charge in [-0.3, -0.25) is 0 Å². The molecule has 1 fully saturated rings. The first kappa shape index (κ1) is 12.9. The van der Waals surface area contributed by atoms with E-state index in [0.29, 0.717) is 13.1 Å². The summed E-state index contributed by atoms with van der Waals surface area (Å²) in [5.74, 6) is 0.850. The molecule has 0 aromatic carbocycles. The monoisotopic (exact) mass is 252 g/mol. The Bertz CT molecular complexity index is 397. The van der Waals surface area contributed by atoms with Gasteiger partial charge in [0, 0.05) is 32.0 Å². The van der Waals surface area contributed by atoms with Gasteiger partial charge in [-0.25, -0.2) is 9.78 Å². The molecule has 0 bridgehead atoms. The van der Waals surface area contributed by atoms with Crippen molar-refractivity contribution in [3.05, 3.63) is 18.2 Å². The Morgan fingerprint density at radius 3 is 2.94 bits per heavy atom. The molecular formula is C12H20N4O2. The van der Waals surface area contributed by atoms with Crippen LogP contribution in [0.3, 0.4) is 0 Å². The molecule has 2 heterocycles. The lowest BCUT2D eigenvalue weighted by molar-refractivity contribution is 0.0192. The molecule has 2 N–H and O–H groups in total. The molecule has 6 nitrogen and oxygen atoms in total. The molecule has 1 atom stereocenters. The lowest BCUT2D eigenvalue weighted by Crippen LogP contribution is -2.49. The van der Waals surface area contributed by atoms with E-state index in [0.717, 1.165) is 12.4 Å². The number of ether oxygens (including phenoxy) is 1. The first-order valence-corrected chi connectivity index (χ1v) is 6.16. The number of imidazole rings is 1. The van der Waals surface area contributed by atoms with Gasteiger partial charge in [-0.1, -0.05) is 0 Å². The summed E-state index contributed by atoms with van der Waals surface area (Å²) < 4.78 is 5.37. The molecule has 1 saturated heterocycles. The van der Waals surface area contributed by atoms with Crippen LogP contribution in [0.5, 0.6) is 0 Å². The highest BCUT2D eigenvalue weighted by molar-refractivity contribution is 5.68. The average molecular weight is 252 g/mol. The SMILES string of the molecule is CC(C)(C)OC(=O)N1CCN[C@H](c2ncc[nH]2)C1. The smallest absolute Gasteiger partial charge is 0.410 e. The molecule has 0 unspecified atom stereocenters. The number of carbonyl (C=O) groups excluding carboxylic acids is 1. The molecular weight excluding hydrogens is 232 g/mol. The minimum absolute atomic E-state index is 0.0428. The topological polar surface area (TPSA) is 70.2 Å². The Labute approximate surface area is 107 Å². The zero-order valence-corrected chi connectivity index (χ0v) is 11.1. The third-order valence-electron chi connectivity index (χ3n) is 2.68. The molecule has 1 aromatic rings. The first-order chi connectivity index (χ1) is 8.46. The van der Waals surface area contributed by atoms with Gasteiger partial charge in [-0.2, -0.15) is 0 Å². The molecule has 100 valence electrons. The molecule has 2 rings (SSSR count). The van der Waals surface area contributed by atoms with Crippen molar-refractivity contribution in [2.45, 2.75) is 32.4 Å². The van der Waals surface area contributed by atoms with Gasteiger partial charge in [0.25, 0.3) is 0 Å². The van der Waals surface area contributed by atoms with E-state index >= 15 is 0 Å². The third-order valence-corrected chi connectivity index (χ3v) is 2.68. The first-order valence-electron chi connectivity index (χ1n) is 6.16. The number of aromatic amines is 1. The fraction of sp³-hybridized carbons (Fsp3) is 0.667. The predicted octanol–water partition coefficient (Wildman–Crippen LogP) is 1.29. The number of nitrogens with one attached hydrogen (secondary N) is 2. The molecule has 0 radical (unpaired) electrons. The van der Waals surface area contributed by atoms with Crippen molar-refractivity contribution in [3.8, 4) is 0 Å². The number of rotatable bonds is 1. The van der Waals surface area contributed by atoms with Crippen LogP contribution < -0.4 is 5.32 Å². The summed E-state index contributed by atoms with van der Waals surface area (Å²) in [5.41, 5.74) is -0.456. The fourth-order valence-electron chi connectivity index (χ4n) is 1.89. The minimum Gasteiger partial charge on any atom is -0.444 e. The highest BCUT2D eigenvalue weighted by Crippen LogP contribution is 2.16. The number of hydrogen-bond acceptors (Lipinski definition) is 4. The van der Waals surface area contributed by atoms with Crippen LogP contribution in [0.4, 0.5) is 4.79 Å². The number of hydrogen-bond donors (Lipinski definition) is 2. The standard InChI is InChI=1S/C12H20N4O2/c1-12(2,3)18-11(17)16-7-6-13-9(8-16)10-14-4-5-15-10/h4-5,9,13H,6-8H2,1-3H3,(H,14,15)/t9-/m0/s1. The van der Waals surface area contributed by atoms with E-state index in [1.165, 1.54) is 0 Å². The summed E-state index contributed by atoms with van der Waals surface area (Å²) >= 11 is 0. The van der Waals surface area contributed by atoms with Crippen molar-refractivity contribution >= 4 is 6.09 Å². The normalized spacial score (nSPS) is 20.8. The number of carbonyl (C=O) groups is 1. The highest BCUT2D eigenvalue weighted by atomic mass is 16.6. The van der Waals surface area contributed by atoms with Gasteiger partial charge in [-0.15, -0.1) is 0 Å². The molecule has 1 amide bonds. The number of H-pyrrole nitrogens is 1. The van der Waals surface area contributed by atoms with Gasteiger partial charge in [0.15, 0.2) is 0 Å². The quantitative estimate of drug-likeness (QED) is 0.790. The Morgan fingerprint density at radius 1 is 1.56 bits per heavy atom. The van der Waals surface area contributed by atoms with Gasteiger partial charge in [0.1, 0.15) is 11.4 Å². The molecule has 0 spiro atoms. The molecule has 1 aliphatic heterocycles. The zero-order valence-electron chi connectivity index (χ0n) is 11.1. The Balaban J connectivity index is 1.96. The highest BCUT2D eigenvalue weighted by Gasteiger charge is 2.28. The van der Waals surface area contributed by atoms with E-state index in [1.807, 2.05) is 20.8 Å². The lowest BCUT2D eigenvalue weighted by atomic mass is 10.2. The number of nitrogens with zero attached hydrogens (tertiary/aromatic N) is 2. The van der Waals surface area contributed by atoms with Crippen molar-refractivity contribution < 1.29 is 9.53 Å². The molecule has 0 saturated carbocycles. The maximum atomic E-state index is 12.0. The van der Waals surface area contributed by atoms with Crippen molar-refractivity contribution in [1.29, 1.82) is 0 Å². The van der Waals surface area contributed by atoms with E-state index < -0.39 is 5.60 Å². The largest absolute Gasteiger partial charge is 0.444 e. The van der Waals surface area contributed by atoms with E-state index in [2.05, 4.69) is 15.3 Å². The van der Waals surface area contributed by atoms with Crippen molar-refractivity contribution in [2.75, 3.05) is 19.6 Å². The molecule has 1 aliphatic rings. The maximum Gasteiger partial charge on any atom is 0.410 e. The van der Waals surface area contributed by atoms with Crippen LogP contribution in [-0.4, -0.2) is 46.2 Å². The summed E-state index contributed by atoms with van der Waals surface area (Å²) in [4.78, 5) is 21.0. The summed E-state index contributed by atoms with van der Waals surface area (Å²) in [6, 6.07) is 0.0428. The lowest BCUT2D eigenvalue weighted by Gasteiger charge is -2.34. The summed E-state index contributed by atoms with van der Waals surface area (Å²) in [5, 5.41) is 3.33. The van der Waals surface area contributed by atoms with Crippen LogP contribution >= 0.6 is 0 Å². The van der Waals surface area contributed by atoms with Crippen LogP contribution in [0.1, 0.15) is 32.6 Å². The summed E-state index contributed by atoms with van der Waals surface area (Å²) in [6.07, 6.45) is 3.23. The van der Waals surface area contributed by atoms with E-state index in [-0.39, 0.29) is 12.1 Å². The summed E-state index contributed by atoms with van der Waals surface area (Å²) in [7, 11) is 0. The Hall–Kier alpha value is -1.56. The number of amides is 1. The molecule has 6 heteroatoms. The Kier molecular flexibility index (Phi) is 3.56. The van der Waals surface area contributed by atoms with Gasteiger partial charge in [0.05, 0.1) is 6.04 Å². The van der Waals surface area contributed by atoms with Gasteiger partial charge in [0.2, 0.25) is 0 Å². The molecule has 0 aliphatic carbocycles. The van der Waals surface area contributed by atoms with Gasteiger partial charge < -0.3 is 19.9 Å². The number of piperazine rings is 1. The van der Waals surface area contributed by atoms with Crippen molar-refractivity contribution in [2.24, 2.45) is 0 Å². The van der Waals surface area contributed by atoms with Crippen LogP contribution in [0, 0.1) is 0 Å².